The third kappa shape index (κ3) is 6.81. The van der Waals surface area contributed by atoms with Crippen molar-refractivity contribution in [2.75, 3.05) is 37.9 Å². The maximum absolute atomic E-state index is 12.0. The van der Waals surface area contributed by atoms with Crippen molar-refractivity contribution in [3.63, 3.8) is 0 Å². The molecule has 1 aromatic rings. The normalized spacial score (nSPS) is 18.7. The molecule has 1 aliphatic rings. The summed E-state index contributed by atoms with van der Waals surface area (Å²) in [5, 5.41) is 6.26. The number of rotatable bonds is 9. The molecular weight excluding hydrogens is 312 g/mol. The van der Waals surface area contributed by atoms with Crippen LogP contribution in [0.1, 0.15) is 24.8 Å². The predicted octanol–water partition coefficient (Wildman–Crippen LogP) is 1.91. The standard InChI is InChI=1S/C17H26N2O3S/c1-22-9-10-23(21)13-15-3-2-4-16(11-15)19-17(20)6-5-14-7-8-18-12-14/h2-4,11,14,18H,5-10,12-13H2,1H3,(H,19,20). The highest BCUT2D eigenvalue weighted by Gasteiger charge is 2.15. The molecule has 128 valence electrons. The highest BCUT2D eigenvalue weighted by Crippen LogP contribution is 2.16. The molecule has 5 nitrogen and oxygen atoms in total. The summed E-state index contributed by atoms with van der Waals surface area (Å²) in [7, 11) is 0.664. The smallest absolute Gasteiger partial charge is 0.224 e. The minimum absolute atomic E-state index is 0.0505. The zero-order valence-corrected chi connectivity index (χ0v) is 14.5. The van der Waals surface area contributed by atoms with Crippen LogP contribution in [0.5, 0.6) is 0 Å². The summed E-state index contributed by atoms with van der Waals surface area (Å²) in [5.74, 6) is 1.69. The molecule has 23 heavy (non-hydrogen) atoms. The average molecular weight is 338 g/mol. The zero-order chi connectivity index (χ0) is 16.5. The van der Waals surface area contributed by atoms with Crippen molar-refractivity contribution in [1.82, 2.24) is 5.32 Å². The van der Waals surface area contributed by atoms with Gasteiger partial charge in [-0.25, -0.2) is 0 Å². The summed E-state index contributed by atoms with van der Waals surface area (Å²) in [4.78, 5) is 12.0. The first-order valence-electron chi connectivity index (χ1n) is 8.11. The highest BCUT2D eigenvalue weighted by atomic mass is 32.2. The molecule has 6 heteroatoms. The predicted molar refractivity (Wildman–Crippen MR) is 93.9 cm³/mol. The van der Waals surface area contributed by atoms with Gasteiger partial charge in [-0.2, -0.15) is 0 Å². The van der Waals surface area contributed by atoms with E-state index in [1.165, 1.54) is 0 Å². The van der Waals surface area contributed by atoms with Gasteiger partial charge in [0.25, 0.3) is 0 Å². The van der Waals surface area contributed by atoms with Crippen LogP contribution in [0.3, 0.4) is 0 Å². The lowest BCUT2D eigenvalue weighted by Gasteiger charge is -2.10. The highest BCUT2D eigenvalue weighted by molar-refractivity contribution is 7.84. The van der Waals surface area contributed by atoms with E-state index >= 15 is 0 Å². The maximum Gasteiger partial charge on any atom is 0.224 e. The minimum Gasteiger partial charge on any atom is -0.384 e. The first-order valence-corrected chi connectivity index (χ1v) is 9.59. The van der Waals surface area contributed by atoms with E-state index in [9.17, 15) is 9.00 Å². The Balaban J connectivity index is 1.79. The molecule has 1 aliphatic heterocycles. The molecule has 2 rings (SSSR count). The molecule has 0 radical (unpaired) electrons. The molecule has 0 saturated carbocycles. The number of amides is 1. The van der Waals surface area contributed by atoms with Crippen LogP contribution in [-0.2, 0) is 26.1 Å². The lowest BCUT2D eigenvalue weighted by Crippen LogP contribution is -2.15. The van der Waals surface area contributed by atoms with Gasteiger partial charge in [0.1, 0.15) is 0 Å². The van der Waals surface area contributed by atoms with Gasteiger partial charge in [0.05, 0.1) is 6.61 Å². The fourth-order valence-corrected chi connectivity index (χ4v) is 3.74. The molecule has 0 aliphatic carbocycles. The van der Waals surface area contributed by atoms with Gasteiger partial charge in [0.2, 0.25) is 5.91 Å². The number of benzene rings is 1. The van der Waals surface area contributed by atoms with Crippen LogP contribution in [0.15, 0.2) is 24.3 Å². The number of carbonyl (C=O) groups is 1. The second-order valence-corrected chi connectivity index (χ2v) is 7.50. The molecule has 1 fully saturated rings. The Bertz CT molecular complexity index is 530. The maximum atomic E-state index is 12.0. The third-order valence-corrected chi connectivity index (χ3v) is 5.27. The number of hydrogen-bond acceptors (Lipinski definition) is 4. The van der Waals surface area contributed by atoms with Crippen molar-refractivity contribution in [3.05, 3.63) is 29.8 Å². The number of methoxy groups -OCH3 is 1. The number of ether oxygens (including phenoxy) is 1. The zero-order valence-electron chi connectivity index (χ0n) is 13.7. The first-order chi connectivity index (χ1) is 11.2. The molecule has 1 saturated heterocycles. The van der Waals surface area contributed by atoms with Gasteiger partial charge in [0.15, 0.2) is 0 Å². The van der Waals surface area contributed by atoms with E-state index in [4.69, 9.17) is 4.74 Å². The molecule has 0 spiro atoms. The Labute approximate surface area is 140 Å². The monoisotopic (exact) mass is 338 g/mol. The fraction of sp³-hybridized carbons (Fsp3) is 0.588. The number of carbonyl (C=O) groups excluding carboxylic acids is 1. The Morgan fingerprint density at radius 3 is 3.09 bits per heavy atom. The van der Waals surface area contributed by atoms with Crippen LogP contribution in [-0.4, -0.2) is 42.7 Å². The molecule has 1 heterocycles. The minimum atomic E-state index is -0.942. The lowest BCUT2D eigenvalue weighted by molar-refractivity contribution is -0.116. The van der Waals surface area contributed by atoms with Crippen molar-refractivity contribution in [2.45, 2.75) is 25.0 Å². The van der Waals surface area contributed by atoms with Gasteiger partial charge >= 0.3 is 0 Å². The van der Waals surface area contributed by atoms with E-state index in [0.29, 0.717) is 30.5 Å². The summed E-state index contributed by atoms with van der Waals surface area (Å²) >= 11 is 0. The van der Waals surface area contributed by atoms with Crippen LogP contribution < -0.4 is 10.6 Å². The summed E-state index contributed by atoms with van der Waals surface area (Å²) in [6, 6.07) is 7.60. The van der Waals surface area contributed by atoms with Crippen molar-refractivity contribution >= 4 is 22.4 Å². The van der Waals surface area contributed by atoms with Crippen LogP contribution in [0.25, 0.3) is 0 Å². The summed E-state index contributed by atoms with van der Waals surface area (Å²) in [5.41, 5.74) is 1.75. The van der Waals surface area contributed by atoms with Gasteiger partial charge < -0.3 is 15.4 Å². The molecule has 1 aromatic carbocycles. The summed E-state index contributed by atoms with van der Waals surface area (Å²) in [6.07, 6.45) is 2.64. The van der Waals surface area contributed by atoms with E-state index in [0.717, 1.165) is 37.2 Å². The topological polar surface area (TPSA) is 67.4 Å². The third-order valence-electron chi connectivity index (χ3n) is 4.00. The van der Waals surface area contributed by atoms with Crippen molar-refractivity contribution in [1.29, 1.82) is 0 Å². The number of hydrogen-bond donors (Lipinski definition) is 2. The second-order valence-electron chi connectivity index (χ2n) is 5.93. The van der Waals surface area contributed by atoms with Crippen LogP contribution in [0.4, 0.5) is 5.69 Å². The quantitative estimate of drug-likeness (QED) is 0.722. The Morgan fingerprint density at radius 2 is 2.35 bits per heavy atom. The van der Waals surface area contributed by atoms with Crippen LogP contribution >= 0.6 is 0 Å². The van der Waals surface area contributed by atoms with E-state index in [1.807, 2.05) is 24.3 Å². The molecule has 0 bridgehead atoms. The van der Waals surface area contributed by atoms with E-state index < -0.39 is 10.8 Å². The van der Waals surface area contributed by atoms with Gasteiger partial charge in [-0.15, -0.1) is 0 Å². The van der Waals surface area contributed by atoms with Gasteiger partial charge in [0, 0.05) is 41.5 Å². The molecule has 2 unspecified atom stereocenters. The summed E-state index contributed by atoms with van der Waals surface area (Å²) in [6.45, 7) is 2.59. The van der Waals surface area contributed by atoms with Crippen LogP contribution in [0, 0.1) is 5.92 Å². The molecule has 1 amide bonds. The van der Waals surface area contributed by atoms with E-state index in [1.54, 1.807) is 7.11 Å². The second kappa shape index (κ2) is 9.80. The Kier molecular flexibility index (Phi) is 7.71. The summed E-state index contributed by atoms with van der Waals surface area (Å²) < 4.78 is 16.8. The van der Waals surface area contributed by atoms with Crippen molar-refractivity contribution in [2.24, 2.45) is 5.92 Å². The average Bonchev–Trinajstić information content (AvgIpc) is 3.05. The first kappa shape index (κ1) is 18.1. The Hall–Kier alpha value is -1.24. The van der Waals surface area contributed by atoms with Gasteiger partial charge in [-0.05, 0) is 49.5 Å². The van der Waals surface area contributed by atoms with E-state index in [2.05, 4.69) is 10.6 Å². The van der Waals surface area contributed by atoms with E-state index in [-0.39, 0.29) is 5.91 Å². The molecule has 2 atom stereocenters. The van der Waals surface area contributed by atoms with Crippen LogP contribution in [0.2, 0.25) is 0 Å². The molecular formula is C17H26N2O3S. The fourth-order valence-electron chi connectivity index (χ4n) is 2.69. The molecule has 0 aromatic heterocycles. The van der Waals surface area contributed by atoms with Gasteiger partial charge in [-0.1, -0.05) is 12.1 Å². The lowest BCUT2D eigenvalue weighted by atomic mass is 10.0. The van der Waals surface area contributed by atoms with Crippen molar-refractivity contribution in [3.8, 4) is 0 Å². The van der Waals surface area contributed by atoms with Crippen molar-refractivity contribution < 1.29 is 13.7 Å². The van der Waals surface area contributed by atoms with Gasteiger partial charge in [-0.3, -0.25) is 9.00 Å². The Morgan fingerprint density at radius 1 is 1.48 bits per heavy atom. The largest absolute Gasteiger partial charge is 0.384 e. The number of anilines is 1. The molecule has 2 N–H and O–H groups in total. The number of nitrogens with one attached hydrogen (secondary N) is 2. The SMILES string of the molecule is COCCS(=O)Cc1cccc(NC(=O)CCC2CCNC2)c1.